The van der Waals surface area contributed by atoms with Crippen LogP contribution < -0.4 is 58.0 Å². The molecule has 28 nitrogen and oxygen atoms in total. The molecule has 21 rings (SSSR count). The molecule has 6 bridgehead atoms. The molecule has 3 N–H and O–H groups in total. The van der Waals surface area contributed by atoms with E-state index in [1.807, 2.05) is 36.4 Å². The molecular formula is C90H105ClILiN15O13-. The molecule has 121 heavy (non-hydrogen) atoms. The number of benzene rings is 3. The topological polar surface area (TPSA) is 335 Å². The molecule has 6 unspecified atom stereocenters. The Morgan fingerprint density at radius 3 is 1.13 bits per heavy atom. The molecule has 12 aromatic rings. The third kappa shape index (κ3) is 19.5. The Balaban J connectivity index is 0.000000144. The number of esters is 2. The smallest absolute Gasteiger partial charge is 1.00 e. The molecule has 31 heteroatoms. The van der Waals surface area contributed by atoms with E-state index >= 15 is 0 Å². The van der Waals surface area contributed by atoms with E-state index in [4.69, 9.17) is 59.1 Å². The number of carbonyl (C=O) groups excluding carboxylic acids is 2. The van der Waals surface area contributed by atoms with Crippen LogP contribution in [0.15, 0.2) is 141 Å². The van der Waals surface area contributed by atoms with E-state index < -0.39 is 17.9 Å². The van der Waals surface area contributed by atoms with Gasteiger partial charge >= 0.3 is 36.8 Å². The summed E-state index contributed by atoms with van der Waals surface area (Å²) in [6.07, 6.45) is 25.5. The van der Waals surface area contributed by atoms with Crippen molar-refractivity contribution in [2.75, 3.05) is 23.0 Å². The number of ether oxygens (including phenoxy) is 5. The van der Waals surface area contributed by atoms with E-state index in [2.05, 4.69) is 132 Å². The molecule has 9 aromatic heterocycles. The zero-order valence-corrected chi connectivity index (χ0v) is 70.6. The number of carboxylic acid groups (broad SMARTS) is 1. The van der Waals surface area contributed by atoms with Crippen molar-refractivity contribution in [1.29, 1.82) is 0 Å². The minimum Gasteiger partial charge on any atom is -1.00 e. The van der Waals surface area contributed by atoms with Gasteiger partial charge in [-0.3, -0.25) is 0 Å². The second kappa shape index (κ2) is 39.0. The number of hydrogen-bond acceptors (Lipinski definition) is 24. The van der Waals surface area contributed by atoms with Crippen molar-refractivity contribution >= 4 is 58.1 Å². The van der Waals surface area contributed by atoms with Gasteiger partial charge in [-0.15, -0.1) is 10.2 Å². The number of aromatic nitrogens is 12. The van der Waals surface area contributed by atoms with Gasteiger partial charge < -0.3 is 86.9 Å². The van der Waals surface area contributed by atoms with Gasteiger partial charge in [0, 0.05) is 87.4 Å². The van der Waals surface area contributed by atoms with Gasteiger partial charge in [-0.2, -0.15) is 5.10 Å². The Morgan fingerprint density at radius 2 is 0.785 bits per heavy atom. The van der Waals surface area contributed by atoms with Gasteiger partial charge in [0.1, 0.15) is 51.2 Å². The SMILES string of the molecule is C.C.CCOC(=O)c1cn2nc(Cl)ccc2n1.CCOC(=O)c1cn2nc(N3C4CC[C@H]3CC(OCc3c(-c5ccccc5C)noc3C3CC3)C4)ccc2n1.Cc1ccccc1-c1noc(C2CC2)c1COC1CC2CC[C@@H](C1)N2.Cc1ccccc1-c1noc(C2CC2)c1COC1CC2CC[C@@H](C1)N2c1ccc2nc(C(=O)O)cn2n1.[I-].[Li+].[OH-]. The number of hydrogen-bond donors (Lipinski definition) is 2. The maximum absolute atomic E-state index is 12.1. The molecule has 9 fully saturated rings. The van der Waals surface area contributed by atoms with Gasteiger partial charge in [0.2, 0.25) is 0 Å². The molecule has 634 valence electrons. The molecule has 0 spiro atoms. The predicted octanol–water partition coefficient (Wildman–Crippen LogP) is 11.4. The number of imidazole rings is 3. The summed E-state index contributed by atoms with van der Waals surface area (Å²) in [7, 11) is 0. The van der Waals surface area contributed by atoms with E-state index in [0.29, 0.717) is 115 Å². The number of aryl methyl sites for hydroxylation is 3. The fourth-order valence-electron chi connectivity index (χ4n) is 18.1. The molecule has 0 radical (unpaired) electrons. The Bertz CT molecular complexity index is 5560. The zero-order valence-electron chi connectivity index (χ0n) is 67.7. The second-order valence-corrected chi connectivity index (χ2v) is 32.8. The molecule has 6 aliphatic heterocycles. The number of carboxylic acids is 1. The maximum atomic E-state index is 12.1. The standard InChI is InChI=1S/C30H33N5O4.C28H29N5O4.C21H26N2O2.C9H8ClN3O2.2CH4.HI.Li.H2O/c1-3-37-30(36)25-16-34-26(31-25)12-13-27(32-34)35-20-10-11-21(35)15-22(14-20)38-17-24-28(23-7-5-4-6-18(23)2)33-39-29(24)19-8-9-19;1-16-4-2-3-5-21(16)26-22(27(37-31-26)17-6-7-17)15-36-20-12-18-8-9-19(13-20)33(18)25-11-10-24-29-23(28(34)35)14-32(24)30-25;1-13-4-2-3-5-18(13)20-19(21(25-23-20)14-6-7-14)12-24-17-10-15-8-9-16(11-17)22-15;1-2-15-9(14)6-5-13-8(11-6)4-3-7(10)12-13;;;;;/h4-7,12-13,16,19-22H,3,8-11,14-15,17H2,1-2H3;2-5,10-11,14,17-20H,6-9,12-13,15H2,1H3,(H,34,35);2-5,14-17,22H,6-12H2,1H3;3-5H,2H2,1H3;2*1H4;1H;;1H2/q;;;;;;;+1;/p-2/t20-,21?,22?;18-,19?,20?;15-,16?,17?;;;;;;/m000....../s1. The number of nitrogens with zero attached hydrogens (tertiary/aromatic N) is 14. The largest absolute Gasteiger partial charge is 1.00 e. The molecular weight excluding hydrogens is 1670 g/mol. The van der Waals surface area contributed by atoms with E-state index in [1.165, 1.54) is 70.4 Å². The molecule has 9 atom stereocenters. The molecule has 3 aromatic carbocycles. The number of rotatable bonds is 22. The van der Waals surface area contributed by atoms with Crippen LogP contribution in [0, 0.1) is 20.8 Å². The normalized spacial score (nSPS) is 21.5. The first kappa shape index (κ1) is 89.3. The number of nitrogens with one attached hydrogen (secondary N) is 1. The van der Waals surface area contributed by atoms with Crippen LogP contribution >= 0.6 is 11.6 Å². The van der Waals surface area contributed by atoms with Crippen LogP contribution in [0.5, 0.6) is 0 Å². The van der Waals surface area contributed by atoms with Crippen LogP contribution in [-0.4, -0.2) is 156 Å². The Hall–Kier alpha value is -9.42. The van der Waals surface area contributed by atoms with Gasteiger partial charge in [-0.25, -0.2) is 42.9 Å². The van der Waals surface area contributed by atoms with Crippen LogP contribution in [0.1, 0.15) is 244 Å². The summed E-state index contributed by atoms with van der Waals surface area (Å²) < 4.78 is 51.7. The third-order valence-electron chi connectivity index (χ3n) is 24.3. The number of piperidine rings is 3. The minimum absolute atomic E-state index is 0. The zero-order chi connectivity index (χ0) is 79.2. The van der Waals surface area contributed by atoms with E-state index in [-0.39, 0.29) is 92.5 Å². The summed E-state index contributed by atoms with van der Waals surface area (Å²) in [4.78, 5) is 52.1. The van der Waals surface area contributed by atoms with Gasteiger partial charge in [0.15, 0.2) is 34.0 Å². The molecule has 3 aliphatic carbocycles. The molecule has 9 aliphatic rings. The Kier molecular flexibility index (Phi) is 28.8. The second-order valence-electron chi connectivity index (χ2n) is 32.4. The van der Waals surface area contributed by atoms with Crippen molar-refractivity contribution in [3.63, 3.8) is 0 Å². The predicted molar refractivity (Wildman–Crippen MR) is 446 cm³/mol. The Morgan fingerprint density at radius 1 is 0.455 bits per heavy atom. The quantitative estimate of drug-likeness (QED) is 0.0361. The average molecular weight is 1770 g/mol. The number of halogens is 2. The van der Waals surface area contributed by atoms with Gasteiger partial charge in [0.05, 0.1) is 69.9 Å². The summed E-state index contributed by atoms with van der Waals surface area (Å²) >= 11 is 5.69. The van der Waals surface area contributed by atoms with Crippen molar-refractivity contribution in [2.45, 2.75) is 257 Å². The van der Waals surface area contributed by atoms with E-state index in [0.717, 1.165) is 158 Å². The number of fused-ring (bicyclic) bond motifs is 9. The maximum Gasteiger partial charge on any atom is 1.00 e. The first-order valence-electron chi connectivity index (χ1n) is 41.2. The molecule has 3 saturated carbocycles. The van der Waals surface area contributed by atoms with E-state index in [9.17, 15) is 19.5 Å². The number of carbonyl (C=O) groups is 3. The van der Waals surface area contributed by atoms with Crippen LogP contribution in [0.4, 0.5) is 11.6 Å². The van der Waals surface area contributed by atoms with Gasteiger partial charge in [-0.05, 0) is 203 Å². The molecule has 15 heterocycles. The molecule has 6 saturated heterocycles. The summed E-state index contributed by atoms with van der Waals surface area (Å²) in [5.41, 5.74) is 15.5. The van der Waals surface area contributed by atoms with Crippen molar-refractivity contribution in [3.05, 3.63) is 201 Å². The first-order valence-corrected chi connectivity index (χ1v) is 41.6. The summed E-state index contributed by atoms with van der Waals surface area (Å²) in [5.74, 6) is 4.41. The van der Waals surface area contributed by atoms with Crippen molar-refractivity contribution in [2.24, 2.45) is 0 Å². The third-order valence-corrected chi connectivity index (χ3v) is 24.5. The monoisotopic (exact) mass is 1770 g/mol. The number of aromatic carboxylic acids is 1. The number of anilines is 2. The van der Waals surface area contributed by atoms with Crippen LogP contribution in [0.3, 0.4) is 0 Å². The van der Waals surface area contributed by atoms with Crippen LogP contribution in [0.2, 0.25) is 5.15 Å². The fourth-order valence-corrected chi connectivity index (χ4v) is 18.3. The first-order chi connectivity index (χ1) is 56.6. The van der Waals surface area contributed by atoms with Gasteiger partial charge in [0.25, 0.3) is 0 Å². The summed E-state index contributed by atoms with van der Waals surface area (Å²) in [6, 6.07) is 38.8. The van der Waals surface area contributed by atoms with Crippen molar-refractivity contribution < 1.29 is 105 Å². The van der Waals surface area contributed by atoms with Crippen LogP contribution in [0.25, 0.3) is 50.7 Å². The fraction of sp³-hybridized carbons (Fsp3) is 0.467. The van der Waals surface area contributed by atoms with E-state index in [1.54, 1.807) is 41.2 Å². The molecule has 0 amide bonds. The minimum atomic E-state index is -1.05. The Labute approximate surface area is 737 Å². The van der Waals surface area contributed by atoms with Crippen molar-refractivity contribution in [1.82, 2.24) is 64.6 Å². The van der Waals surface area contributed by atoms with Crippen LogP contribution in [-0.2, 0) is 43.5 Å². The summed E-state index contributed by atoms with van der Waals surface area (Å²) in [6.45, 7) is 12.2. The van der Waals surface area contributed by atoms with Crippen molar-refractivity contribution in [3.8, 4) is 33.8 Å². The average Bonchev–Trinajstić information content (AvgIpc) is 1.64. The van der Waals surface area contributed by atoms with Gasteiger partial charge in [-0.1, -0.05) is 115 Å². The summed E-state index contributed by atoms with van der Waals surface area (Å²) in [5, 5.41) is 40.2.